The summed E-state index contributed by atoms with van der Waals surface area (Å²) in [5, 5.41) is 13.7. The van der Waals surface area contributed by atoms with Crippen LogP contribution in [0.5, 0.6) is 11.5 Å². The molecule has 31 heavy (non-hydrogen) atoms. The first-order chi connectivity index (χ1) is 14.1. The summed E-state index contributed by atoms with van der Waals surface area (Å²) in [6.07, 6.45) is 5.03. The Bertz CT molecular complexity index is 1140. The van der Waals surface area contributed by atoms with Crippen molar-refractivity contribution in [3.8, 4) is 11.5 Å². The molecule has 8 nitrogen and oxygen atoms in total. The van der Waals surface area contributed by atoms with Crippen LogP contribution in [-0.4, -0.2) is 39.0 Å². The summed E-state index contributed by atoms with van der Waals surface area (Å²) in [6.45, 7) is 0. The molecule has 4 rings (SSSR count). The van der Waals surface area contributed by atoms with Gasteiger partial charge in [0.15, 0.2) is 17.3 Å². The Labute approximate surface area is 194 Å². The number of ether oxygens (including phenoxy) is 1. The molecule has 0 aliphatic rings. The fraction of sp³-hybridized carbons (Fsp3) is 0.0476. The summed E-state index contributed by atoms with van der Waals surface area (Å²) in [5.41, 5.74) is 11.3. The Morgan fingerprint density at radius 2 is 1.61 bits per heavy atom. The van der Waals surface area contributed by atoms with E-state index in [1.807, 2.05) is 12.1 Å². The van der Waals surface area contributed by atoms with E-state index in [0.29, 0.717) is 11.3 Å². The number of thiol groups is 1. The largest absolute Gasteiger partial charge is 2.00 e. The van der Waals surface area contributed by atoms with Gasteiger partial charge >= 0.3 is 22.2 Å². The van der Waals surface area contributed by atoms with Crippen LogP contribution in [0.2, 0.25) is 0 Å². The fourth-order valence-corrected chi connectivity index (χ4v) is 2.71. The monoisotopic (exact) mass is 481 g/mol. The van der Waals surface area contributed by atoms with Gasteiger partial charge in [0.2, 0.25) is 5.75 Å². The number of hydrogen-bond donors (Lipinski definition) is 1. The first kappa shape index (κ1) is 25.9. The third kappa shape index (κ3) is 6.66. The number of para-hydroxylation sites is 1. The van der Waals surface area contributed by atoms with Crippen molar-refractivity contribution in [3.63, 3.8) is 0 Å². The molecule has 162 valence electrons. The molecule has 0 fully saturated rings. The third-order valence-corrected chi connectivity index (χ3v) is 4.07. The maximum atomic E-state index is 7.72. The van der Waals surface area contributed by atoms with Crippen molar-refractivity contribution in [2.24, 2.45) is 10.8 Å². The minimum Gasteiger partial charge on any atom is -0.870 e. The number of fused-ring (bicyclic) bond motifs is 3. The van der Waals surface area contributed by atoms with Crippen LogP contribution in [0.25, 0.3) is 27.2 Å². The Morgan fingerprint density at radius 1 is 1.03 bits per heavy atom. The summed E-state index contributed by atoms with van der Waals surface area (Å²) in [7, 11) is 1.51. The van der Waals surface area contributed by atoms with E-state index >= 15 is 0 Å². The van der Waals surface area contributed by atoms with Crippen LogP contribution in [0.4, 0.5) is 0 Å². The molecule has 0 atom stereocenters. The molecule has 0 aliphatic carbocycles. The molecule has 0 saturated carbocycles. The van der Waals surface area contributed by atoms with Crippen molar-refractivity contribution < 1.29 is 31.8 Å². The van der Waals surface area contributed by atoms with Crippen molar-refractivity contribution >= 4 is 45.4 Å². The van der Waals surface area contributed by atoms with E-state index in [4.69, 9.17) is 15.6 Å². The van der Waals surface area contributed by atoms with Crippen LogP contribution in [0.1, 0.15) is 5.56 Å². The van der Waals surface area contributed by atoms with Crippen LogP contribution in [0.15, 0.2) is 72.1 Å². The van der Waals surface area contributed by atoms with Crippen LogP contribution < -0.4 is 10.5 Å². The zero-order valence-electron chi connectivity index (χ0n) is 16.4. The van der Waals surface area contributed by atoms with E-state index in [0.717, 1.165) is 21.8 Å². The summed E-state index contributed by atoms with van der Waals surface area (Å²) in [4.78, 5) is 8.69. The molecule has 5 N–H and O–H groups in total. The number of pyridine rings is 2. The summed E-state index contributed by atoms with van der Waals surface area (Å²) in [5.74, 6) is 0.749. The van der Waals surface area contributed by atoms with Crippen LogP contribution in [-0.2, 0) is 28.7 Å². The molecule has 0 saturated heterocycles. The average Bonchev–Trinajstić information content (AvgIpc) is 2.75. The Kier molecular flexibility index (Phi) is 10.4. The van der Waals surface area contributed by atoms with Crippen molar-refractivity contribution in [2.45, 2.75) is 0 Å². The van der Waals surface area contributed by atoms with E-state index in [9.17, 15) is 0 Å². The van der Waals surface area contributed by atoms with Gasteiger partial charge in [0.25, 0.3) is 0 Å². The van der Waals surface area contributed by atoms with Crippen molar-refractivity contribution in [1.29, 1.82) is 0 Å². The van der Waals surface area contributed by atoms with Gasteiger partial charge < -0.3 is 25.8 Å². The molecule has 0 unspecified atom stereocenters. The molecular formula is C21H21N5NiO3S+2. The predicted octanol–water partition coefficient (Wildman–Crippen LogP) is 2.77. The van der Waals surface area contributed by atoms with E-state index < -0.39 is 0 Å². The number of benzene rings is 2. The smallest absolute Gasteiger partial charge is 0.870 e. The van der Waals surface area contributed by atoms with Gasteiger partial charge in [-0.05, 0) is 24.3 Å². The van der Waals surface area contributed by atoms with Crippen molar-refractivity contribution in [1.82, 2.24) is 9.97 Å². The molecule has 0 radical (unpaired) electrons. The van der Waals surface area contributed by atoms with Gasteiger partial charge in [0.1, 0.15) is 0 Å². The van der Waals surface area contributed by atoms with Gasteiger partial charge in [-0.1, -0.05) is 30.3 Å². The Morgan fingerprint density at radius 3 is 2.13 bits per heavy atom. The number of hydrogen-bond acceptors (Lipinski definition) is 5. The molecule has 0 spiro atoms. The molecule has 2 aromatic heterocycles. The second kappa shape index (κ2) is 12.5. The zero-order valence-corrected chi connectivity index (χ0v) is 18.3. The molecular weight excluding hydrogens is 461 g/mol. The van der Waals surface area contributed by atoms with E-state index in [-0.39, 0.29) is 32.8 Å². The Hall–Kier alpha value is -3.17. The summed E-state index contributed by atoms with van der Waals surface area (Å²) in [6, 6.07) is 17.3. The van der Waals surface area contributed by atoms with Crippen molar-refractivity contribution in [3.05, 3.63) is 78.0 Å². The maximum absolute atomic E-state index is 7.72. The molecule has 0 amide bonds. The number of nitrogens with two attached hydrogens (primary N) is 1. The number of rotatable bonds is 3. The minimum absolute atomic E-state index is 0. The Balaban J connectivity index is 0.000000291. The first-order valence-corrected chi connectivity index (χ1v) is 9.07. The summed E-state index contributed by atoms with van der Waals surface area (Å²) >= 11 is 3.75. The second-order valence-electron chi connectivity index (χ2n) is 5.84. The summed E-state index contributed by atoms with van der Waals surface area (Å²) < 4.78 is 4.99. The van der Waals surface area contributed by atoms with Gasteiger partial charge in [0.05, 0.1) is 23.7 Å². The predicted molar refractivity (Wildman–Crippen MR) is 124 cm³/mol. The van der Waals surface area contributed by atoms with Crippen LogP contribution in [0.3, 0.4) is 0 Å². The normalized spacial score (nSPS) is 9.87. The topological polar surface area (TPSA) is 140 Å². The zero-order chi connectivity index (χ0) is 20.6. The molecule has 10 heteroatoms. The molecule has 4 aromatic rings. The SMILES string of the molecule is COc1cccc(C=N[N-]C(N)=[SH+])c1[OH2+].[Ni+2].[OH-].c1cnc2c(c1)ccc1cccnc12. The van der Waals surface area contributed by atoms with Gasteiger partial charge in [-0.25, -0.2) is 0 Å². The standard InChI is InChI=1S/C12H8N2.C9H11N3O2S.Ni.H2O/c1-3-9-5-6-10-4-2-8-14-12(10)11(9)13-7-1;1-14-7-4-2-3-6(8(7)13)5-11-12-9(10)15;;/h1-8H;2-5H,1H3,(H4,10,11,12,13,15);;1H2/q;;+2;. The third-order valence-electron chi connectivity index (χ3n) is 3.98. The van der Waals surface area contributed by atoms with Gasteiger partial charge in [-0.3, -0.25) is 15.7 Å². The maximum Gasteiger partial charge on any atom is 2.00 e. The number of nitrogens with zero attached hydrogens (tertiary/aromatic N) is 4. The molecule has 0 aliphatic heterocycles. The van der Waals surface area contributed by atoms with E-state index in [2.05, 4.69) is 57.0 Å². The number of aromatic nitrogens is 2. The molecule has 2 heterocycles. The molecule has 2 aromatic carbocycles. The van der Waals surface area contributed by atoms with Gasteiger partial charge in [-0.2, -0.15) is 0 Å². The van der Waals surface area contributed by atoms with Crippen molar-refractivity contribution in [2.75, 3.05) is 7.11 Å². The average molecular weight is 482 g/mol. The van der Waals surface area contributed by atoms with Crippen LogP contribution >= 0.6 is 0 Å². The van der Waals surface area contributed by atoms with Gasteiger partial charge in [-0.15, -0.1) is 0 Å². The first-order valence-electron chi connectivity index (χ1n) is 8.62. The number of methoxy groups -OCH3 is 1. The molecule has 0 bridgehead atoms. The fourth-order valence-electron chi connectivity index (χ4n) is 2.66. The van der Waals surface area contributed by atoms with Gasteiger partial charge in [0, 0.05) is 29.4 Å². The van der Waals surface area contributed by atoms with E-state index in [1.165, 1.54) is 13.3 Å². The van der Waals surface area contributed by atoms with Crippen LogP contribution in [0, 0.1) is 0 Å². The minimum atomic E-state index is 0. The second-order valence-corrected chi connectivity index (χ2v) is 6.30. The quantitative estimate of drug-likeness (QED) is 0.0910. The van der Waals surface area contributed by atoms with E-state index in [1.54, 1.807) is 30.6 Å².